The van der Waals surface area contributed by atoms with E-state index in [2.05, 4.69) is 10.4 Å². The number of amides is 1. The van der Waals surface area contributed by atoms with Gasteiger partial charge in [-0.25, -0.2) is 0 Å². The van der Waals surface area contributed by atoms with Crippen LogP contribution in [0.4, 0.5) is 5.82 Å². The summed E-state index contributed by atoms with van der Waals surface area (Å²) in [7, 11) is 5.43. The fraction of sp³-hybridized carbons (Fsp3) is 0.636. The van der Waals surface area contributed by atoms with E-state index in [1.54, 1.807) is 24.1 Å². The molecule has 2 heterocycles. The number of carbonyl (C=O) groups excluding carboxylic acids is 1. The second-order valence-corrected chi connectivity index (χ2v) is 4.41. The smallest absolute Gasteiger partial charge is 0.243 e. The predicted molar refractivity (Wildman–Crippen MR) is 63.7 cm³/mol. The van der Waals surface area contributed by atoms with Crippen molar-refractivity contribution >= 4 is 11.7 Å². The summed E-state index contributed by atoms with van der Waals surface area (Å²) in [6.07, 6.45) is 2.66. The van der Waals surface area contributed by atoms with Gasteiger partial charge in [-0.05, 0) is 13.5 Å². The lowest BCUT2D eigenvalue weighted by molar-refractivity contribution is -0.120. The Balaban J connectivity index is 1.96. The van der Waals surface area contributed by atoms with Gasteiger partial charge >= 0.3 is 0 Å². The van der Waals surface area contributed by atoms with Crippen LogP contribution in [0, 0.1) is 0 Å². The first-order valence-corrected chi connectivity index (χ1v) is 5.63. The van der Waals surface area contributed by atoms with Gasteiger partial charge in [-0.3, -0.25) is 14.4 Å². The zero-order valence-corrected chi connectivity index (χ0v) is 10.4. The van der Waals surface area contributed by atoms with Crippen molar-refractivity contribution in [1.82, 2.24) is 14.7 Å². The van der Waals surface area contributed by atoms with Gasteiger partial charge in [-0.1, -0.05) is 0 Å². The quantitative estimate of drug-likeness (QED) is 0.810. The number of anilines is 1. The van der Waals surface area contributed by atoms with Gasteiger partial charge in [-0.2, -0.15) is 5.10 Å². The highest BCUT2D eigenvalue weighted by Crippen LogP contribution is 2.19. The zero-order valence-electron chi connectivity index (χ0n) is 10.4. The number of aromatic nitrogens is 2. The molecule has 1 amide bonds. The molecule has 17 heavy (non-hydrogen) atoms. The minimum atomic E-state index is -0.137. The van der Waals surface area contributed by atoms with E-state index in [4.69, 9.17) is 4.74 Å². The highest BCUT2D eigenvalue weighted by Gasteiger charge is 2.34. The van der Waals surface area contributed by atoms with Crippen LogP contribution < -0.4 is 5.32 Å². The van der Waals surface area contributed by atoms with Crippen LogP contribution in [0.3, 0.4) is 0 Å². The highest BCUT2D eigenvalue weighted by atomic mass is 16.5. The largest absolute Gasteiger partial charge is 0.380 e. The number of hydrogen-bond acceptors (Lipinski definition) is 4. The molecule has 2 rings (SSSR count). The Morgan fingerprint density at radius 3 is 2.88 bits per heavy atom. The maximum Gasteiger partial charge on any atom is 0.243 e. The van der Waals surface area contributed by atoms with Crippen LogP contribution in [0.15, 0.2) is 12.3 Å². The van der Waals surface area contributed by atoms with Gasteiger partial charge in [0.25, 0.3) is 0 Å². The second kappa shape index (κ2) is 4.85. The van der Waals surface area contributed by atoms with Crippen molar-refractivity contribution < 1.29 is 9.53 Å². The molecule has 0 radical (unpaired) electrons. The fourth-order valence-corrected chi connectivity index (χ4v) is 2.12. The number of ether oxygens (including phenoxy) is 1. The van der Waals surface area contributed by atoms with Crippen LogP contribution in [-0.4, -0.2) is 53.4 Å². The van der Waals surface area contributed by atoms with Gasteiger partial charge in [-0.15, -0.1) is 0 Å². The predicted octanol–water partition coefficient (Wildman–Crippen LogP) is 0.0777. The number of aryl methyl sites for hydroxylation is 1. The summed E-state index contributed by atoms with van der Waals surface area (Å²) in [6.45, 7) is 0.788. The average molecular weight is 238 g/mol. The second-order valence-electron chi connectivity index (χ2n) is 4.41. The number of rotatable bonds is 3. The van der Waals surface area contributed by atoms with Crippen molar-refractivity contribution in [1.29, 1.82) is 0 Å². The normalized spacial score (nSPS) is 25.1. The van der Waals surface area contributed by atoms with Gasteiger partial charge in [0.15, 0.2) is 5.82 Å². The molecule has 1 aliphatic rings. The number of methoxy groups -OCH3 is 1. The van der Waals surface area contributed by atoms with Crippen molar-refractivity contribution in [2.75, 3.05) is 26.0 Å². The molecule has 6 nitrogen and oxygen atoms in total. The molecule has 0 unspecified atom stereocenters. The van der Waals surface area contributed by atoms with E-state index in [0.29, 0.717) is 5.82 Å². The molecule has 0 saturated carbocycles. The van der Waals surface area contributed by atoms with Gasteiger partial charge in [0.2, 0.25) is 5.91 Å². The van der Waals surface area contributed by atoms with Crippen molar-refractivity contribution in [2.24, 2.45) is 7.05 Å². The van der Waals surface area contributed by atoms with E-state index in [9.17, 15) is 4.79 Å². The van der Waals surface area contributed by atoms with Crippen LogP contribution in [0.2, 0.25) is 0 Å². The van der Waals surface area contributed by atoms with Crippen molar-refractivity contribution in [3.63, 3.8) is 0 Å². The number of hydrogen-bond donors (Lipinski definition) is 1. The number of likely N-dealkylation sites (N-methyl/N-ethyl adjacent to an activating group) is 1. The molecule has 0 spiro atoms. The third-order valence-electron chi connectivity index (χ3n) is 3.11. The molecule has 0 aliphatic carbocycles. The number of carbonyl (C=O) groups is 1. The maximum absolute atomic E-state index is 12.0. The Kier molecular flexibility index (Phi) is 3.44. The monoisotopic (exact) mass is 238 g/mol. The van der Waals surface area contributed by atoms with E-state index in [0.717, 1.165) is 13.0 Å². The number of nitrogens with one attached hydrogen (secondary N) is 1. The first kappa shape index (κ1) is 12.1. The molecule has 6 heteroatoms. The van der Waals surface area contributed by atoms with Gasteiger partial charge in [0, 0.05) is 33.0 Å². The number of nitrogens with zero attached hydrogens (tertiary/aromatic N) is 3. The molecule has 1 saturated heterocycles. The van der Waals surface area contributed by atoms with Crippen molar-refractivity contribution in [3.05, 3.63) is 12.3 Å². The van der Waals surface area contributed by atoms with E-state index in [-0.39, 0.29) is 18.1 Å². The third-order valence-corrected chi connectivity index (χ3v) is 3.11. The molecule has 94 valence electrons. The Bertz CT molecular complexity index is 404. The summed E-state index contributed by atoms with van der Waals surface area (Å²) < 4.78 is 6.93. The molecule has 1 fully saturated rings. The lowest BCUT2D eigenvalue weighted by Crippen LogP contribution is -2.37. The van der Waals surface area contributed by atoms with Crippen LogP contribution in [0.5, 0.6) is 0 Å². The van der Waals surface area contributed by atoms with Crippen molar-refractivity contribution in [2.45, 2.75) is 18.6 Å². The molecular weight excluding hydrogens is 220 g/mol. The average Bonchev–Trinajstić information content (AvgIpc) is 2.85. The van der Waals surface area contributed by atoms with Gasteiger partial charge in [0.1, 0.15) is 0 Å². The molecule has 2 atom stereocenters. The minimum absolute atomic E-state index is 0.0225. The summed E-state index contributed by atoms with van der Waals surface area (Å²) in [5.74, 6) is 0.567. The lowest BCUT2D eigenvalue weighted by atomic mass is 10.2. The Morgan fingerprint density at radius 2 is 2.35 bits per heavy atom. The molecule has 1 N–H and O–H groups in total. The van der Waals surface area contributed by atoms with E-state index in [1.165, 1.54) is 0 Å². The first-order chi connectivity index (χ1) is 8.10. The van der Waals surface area contributed by atoms with E-state index in [1.807, 2.05) is 19.0 Å². The summed E-state index contributed by atoms with van der Waals surface area (Å²) in [5, 5.41) is 6.93. The molecule has 0 aromatic carbocycles. The molecule has 1 aromatic rings. The zero-order chi connectivity index (χ0) is 12.4. The Morgan fingerprint density at radius 1 is 1.59 bits per heavy atom. The fourth-order valence-electron chi connectivity index (χ4n) is 2.12. The topological polar surface area (TPSA) is 59.4 Å². The number of likely N-dealkylation sites (tertiary alicyclic amines) is 1. The third kappa shape index (κ3) is 2.65. The molecule has 0 bridgehead atoms. The van der Waals surface area contributed by atoms with Gasteiger partial charge in [0.05, 0.1) is 12.1 Å². The SMILES string of the molecule is CO[C@H]1C[C@@H](C(=O)Nc2ccn(C)n2)N(C)C1. The van der Waals surface area contributed by atoms with Crippen LogP contribution in [0.1, 0.15) is 6.42 Å². The summed E-state index contributed by atoms with van der Waals surface area (Å²) in [6, 6.07) is 1.64. The first-order valence-electron chi connectivity index (χ1n) is 5.63. The standard InChI is InChI=1S/C11H18N4O2/c1-14-7-8(17-3)6-9(14)11(16)12-10-4-5-15(2)13-10/h4-5,8-9H,6-7H2,1-3H3,(H,12,13,16)/t8-,9-/m0/s1. The summed E-state index contributed by atoms with van der Waals surface area (Å²) in [4.78, 5) is 14.0. The lowest BCUT2D eigenvalue weighted by Gasteiger charge is -2.17. The van der Waals surface area contributed by atoms with Crippen LogP contribution in [-0.2, 0) is 16.6 Å². The molecule has 1 aromatic heterocycles. The van der Waals surface area contributed by atoms with E-state index < -0.39 is 0 Å². The summed E-state index contributed by atoms with van der Waals surface area (Å²) in [5.41, 5.74) is 0. The Labute approximate surface area is 101 Å². The van der Waals surface area contributed by atoms with Gasteiger partial charge < -0.3 is 10.1 Å². The van der Waals surface area contributed by atoms with Crippen LogP contribution >= 0.6 is 0 Å². The Hall–Kier alpha value is -1.40. The van der Waals surface area contributed by atoms with Crippen molar-refractivity contribution in [3.8, 4) is 0 Å². The maximum atomic E-state index is 12.0. The van der Waals surface area contributed by atoms with E-state index >= 15 is 0 Å². The van der Waals surface area contributed by atoms with Crippen LogP contribution in [0.25, 0.3) is 0 Å². The highest BCUT2D eigenvalue weighted by molar-refractivity contribution is 5.94. The molecular formula is C11H18N4O2. The molecule has 1 aliphatic heterocycles. The summed E-state index contributed by atoms with van der Waals surface area (Å²) >= 11 is 0. The minimum Gasteiger partial charge on any atom is -0.380 e.